The number of aromatic amines is 1. The van der Waals surface area contributed by atoms with Gasteiger partial charge in [0.15, 0.2) is 0 Å². The third-order valence-corrected chi connectivity index (χ3v) is 3.12. The van der Waals surface area contributed by atoms with E-state index < -0.39 is 0 Å². The molecule has 2 rings (SSSR count). The average Bonchev–Trinajstić information content (AvgIpc) is 2.94. The zero-order valence-electron chi connectivity index (χ0n) is 11.7. The molecule has 1 aromatic carbocycles. The Balaban J connectivity index is 1.97. The highest BCUT2D eigenvalue weighted by atomic mass is 16.5. The van der Waals surface area contributed by atoms with Gasteiger partial charge in [-0.15, -0.1) is 0 Å². The van der Waals surface area contributed by atoms with Gasteiger partial charge in [-0.3, -0.25) is 0 Å². The van der Waals surface area contributed by atoms with Crippen molar-refractivity contribution < 1.29 is 4.74 Å². The van der Waals surface area contributed by atoms with Crippen LogP contribution in [0.2, 0.25) is 0 Å². The maximum absolute atomic E-state index is 5.45. The first-order chi connectivity index (χ1) is 9.20. The van der Waals surface area contributed by atoms with Crippen molar-refractivity contribution in [2.75, 3.05) is 6.61 Å². The highest BCUT2D eigenvalue weighted by molar-refractivity contribution is 5.29. The normalized spacial score (nSPS) is 14.1. The molecule has 1 aromatic heterocycles. The molecular formula is C15H21N3O. The highest BCUT2D eigenvalue weighted by Gasteiger charge is 2.12. The van der Waals surface area contributed by atoms with Gasteiger partial charge in [-0.25, -0.2) is 4.98 Å². The van der Waals surface area contributed by atoms with Crippen molar-refractivity contribution in [3.63, 3.8) is 0 Å². The van der Waals surface area contributed by atoms with Crippen LogP contribution in [0.25, 0.3) is 0 Å². The zero-order chi connectivity index (χ0) is 13.7. The summed E-state index contributed by atoms with van der Waals surface area (Å²) in [5, 5.41) is 3.52. The largest absolute Gasteiger partial charge is 0.494 e. The number of H-pyrrole nitrogens is 1. The fourth-order valence-corrected chi connectivity index (χ4v) is 2.08. The van der Waals surface area contributed by atoms with E-state index in [1.165, 1.54) is 5.56 Å². The summed E-state index contributed by atoms with van der Waals surface area (Å²) >= 11 is 0. The van der Waals surface area contributed by atoms with Crippen LogP contribution in [0, 0.1) is 0 Å². The van der Waals surface area contributed by atoms with Crippen molar-refractivity contribution in [1.82, 2.24) is 15.3 Å². The number of nitrogens with zero attached hydrogens (tertiary/aromatic N) is 1. The molecule has 0 aliphatic rings. The number of ether oxygens (including phenoxy) is 1. The van der Waals surface area contributed by atoms with Crippen LogP contribution in [0.5, 0.6) is 5.75 Å². The van der Waals surface area contributed by atoms with Crippen LogP contribution in [-0.2, 0) is 0 Å². The number of imidazole rings is 1. The summed E-state index contributed by atoms with van der Waals surface area (Å²) in [5.74, 6) is 1.87. The third-order valence-electron chi connectivity index (χ3n) is 3.12. The standard InChI is InChI=1S/C15H21N3O/c1-4-19-14-7-5-13(6-8-14)11(2)18-12(3)15-16-9-10-17-15/h5-12,18H,4H2,1-3H3,(H,16,17). The van der Waals surface area contributed by atoms with Crippen molar-refractivity contribution in [3.8, 4) is 5.75 Å². The number of rotatable bonds is 6. The molecule has 0 amide bonds. The van der Waals surface area contributed by atoms with E-state index in [1.807, 2.05) is 25.3 Å². The number of hydrogen-bond acceptors (Lipinski definition) is 3. The minimum Gasteiger partial charge on any atom is -0.494 e. The summed E-state index contributed by atoms with van der Waals surface area (Å²) in [7, 11) is 0. The number of nitrogens with one attached hydrogen (secondary N) is 2. The SMILES string of the molecule is CCOc1ccc(C(C)NC(C)c2ncc[nH]2)cc1. The molecule has 102 valence electrons. The lowest BCUT2D eigenvalue weighted by Crippen LogP contribution is -2.23. The molecule has 2 N–H and O–H groups in total. The van der Waals surface area contributed by atoms with Gasteiger partial charge in [0.05, 0.1) is 12.6 Å². The van der Waals surface area contributed by atoms with Gasteiger partial charge >= 0.3 is 0 Å². The molecule has 2 unspecified atom stereocenters. The summed E-state index contributed by atoms with van der Waals surface area (Å²) in [6, 6.07) is 8.66. The van der Waals surface area contributed by atoms with E-state index in [2.05, 4.69) is 41.3 Å². The molecule has 0 aliphatic carbocycles. The molecule has 0 saturated carbocycles. The van der Waals surface area contributed by atoms with Crippen LogP contribution >= 0.6 is 0 Å². The molecule has 0 spiro atoms. The van der Waals surface area contributed by atoms with Crippen LogP contribution in [0.4, 0.5) is 0 Å². The maximum Gasteiger partial charge on any atom is 0.122 e. The van der Waals surface area contributed by atoms with E-state index in [9.17, 15) is 0 Å². The van der Waals surface area contributed by atoms with Crippen LogP contribution in [-0.4, -0.2) is 16.6 Å². The number of hydrogen-bond donors (Lipinski definition) is 2. The summed E-state index contributed by atoms with van der Waals surface area (Å²) in [5.41, 5.74) is 1.24. The predicted octanol–water partition coefficient (Wildman–Crippen LogP) is 3.22. The summed E-state index contributed by atoms with van der Waals surface area (Å²) in [6.45, 7) is 6.94. The van der Waals surface area contributed by atoms with E-state index in [0.29, 0.717) is 6.61 Å². The Hall–Kier alpha value is -1.81. The van der Waals surface area contributed by atoms with Gasteiger partial charge < -0.3 is 15.0 Å². The zero-order valence-corrected chi connectivity index (χ0v) is 11.7. The van der Waals surface area contributed by atoms with E-state index in [0.717, 1.165) is 11.6 Å². The van der Waals surface area contributed by atoms with E-state index in [1.54, 1.807) is 6.20 Å². The molecule has 0 saturated heterocycles. The molecule has 2 aromatic rings. The van der Waals surface area contributed by atoms with E-state index >= 15 is 0 Å². The van der Waals surface area contributed by atoms with Crippen molar-refractivity contribution in [1.29, 1.82) is 0 Å². The molecule has 0 radical (unpaired) electrons. The molecule has 0 bridgehead atoms. The molecule has 0 fully saturated rings. The number of benzene rings is 1. The second-order valence-electron chi connectivity index (χ2n) is 4.59. The Labute approximate surface area is 114 Å². The maximum atomic E-state index is 5.45. The Morgan fingerprint density at radius 3 is 2.53 bits per heavy atom. The fraction of sp³-hybridized carbons (Fsp3) is 0.400. The van der Waals surface area contributed by atoms with E-state index in [-0.39, 0.29) is 12.1 Å². The molecular weight excluding hydrogens is 238 g/mol. The smallest absolute Gasteiger partial charge is 0.122 e. The lowest BCUT2D eigenvalue weighted by molar-refractivity contribution is 0.340. The van der Waals surface area contributed by atoms with Gasteiger partial charge in [-0.2, -0.15) is 0 Å². The van der Waals surface area contributed by atoms with Crippen LogP contribution in [0.3, 0.4) is 0 Å². The first kappa shape index (κ1) is 13.6. The summed E-state index contributed by atoms with van der Waals surface area (Å²) < 4.78 is 5.45. The first-order valence-electron chi connectivity index (χ1n) is 6.68. The van der Waals surface area contributed by atoms with Gasteiger partial charge in [0.1, 0.15) is 11.6 Å². The van der Waals surface area contributed by atoms with Gasteiger partial charge in [0, 0.05) is 18.4 Å². The monoisotopic (exact) mass is 259 g/mol. The van der Waals surface area contributed by atoms with Gasteiger partial charge in [-0.05, 0) is 38.5 Å². The van der Waals surface area contributed by atoms with Crippen molar-refractivity contribution >= 4 is 0 Å². The Kier molecular flexibility index (Phi) is 4.58. The fourth-order valence-electron chi connectivity index (χ4n) is 2.08. The van der Waals surface area contributed by atoms with Gasteiger partial charge in [0.25, 0.3) is 0 Å². The summed E-state index contributed by atoms with van der Waals surface area (Å²) in [4.78, 5) is 7.39. The van der Waals surface area contributed by atoms with Gasteiger partial charge in [-0.1, -0.05) is 12.1 Å². The molecule has 0 aliphatic heterocycles. The molecule has 2 atom stereocenters. The summed E-state index contributed by atoms with van der Waals surface area (Å²) in [6.07, 6.45) is 3.62. The quantitative estimate of drug-likeness (QED) is 0.837. The van der Waals surface area contributed by atoms with Crippen molar-refractivity contribution in [2.24, 2.45) is 0 Å². The second kappa shape index (κ2) is 6.38. The van der Waals surface area contributed by atoms with Crippen molar-refractivity contribution in [3.05, 3.63) is 48.0 Å². The average molecular weight is 259 g/mol. The molecule has 1 heterocycles. The van der Waals surface area contributed by atoms with Crippen LogP contribution < -0.4 is 10.1 Å². The Morgan fingerprint density at radius 1 is 1.21 bits per heavy atom. The Bertz CT molecular complexity index is 479. The van der Waals surface area contributed by atoms with E-state index in [4.69, 9.17) is 4.74 Å². The third kappa shape index (κ3) is 3.58. The topological polar surface area (TPSA) is 49.9 Å². The highest BCUT2D eigenvalue weighted by Crippen LogP contribution is 2.20. The van der Waals surface area contributed by atoms with Gasteiger partial charge in [0.2, 0.25) is 0 Å². The lowest BCUT2D eigenvalue weighted by atomic mass is 10.1. The second-order valence-corrected chi connectivity index (χ2v) is 4.59. The minimum absolute atomic E-state index is 0.191. The van der Waals surface area contributed by atoms with Crippen LogP contribution in [0.15, 0.2) is 36.7 Å². The predicted molar refractivity (Wildman–Crippen MR) is 76.2 cm³/mol. The Morgan fingerprint density at radius 2 is 1.95 bits per heavy atom. The molecule has 4 heteroatoms. The number of aromatic nitrogens is 2. The molecule has 4 nitrogen and oxygen atoms in total. The van der Waals surface area contributed by atoms with Crippen LogP contribution in [0.1, 0.15) is 44.2 Å². The lowest BCUT2D eigenvalue weighted by Gasteiger charge is -2.19. The van der Waals surface area contributed by atoms with Crippen molar-refractivity contribution in [2.45, 2.75) is 32.9 Å². The first-order valence-corrected chi connectivity index (χ1v) is 6.68. The minimum atomic E-state index is 0.191. The molecule has 19 heavy (non-hydrogen) atoms.